The van der Waals surface area contributed by atoms with E-state index in [2.05, 4.69) is 0 Å². The largest absolute Gasteiger partial charge is 0.420 e. The third kappa shape index (κ3) is 3.06. The first-order chi connectivity index (χ1) is 9.57. The van der Waals surface area contributed by atoms with Crippen molar-refractivity contribution in [2.75, 3.05) is 6.61 Å². The molecule has 4 aliphatic carbocycles. The van der Waals surface area contributed by atoms with Crippen LogP contribution in [-0.4, -0.2) is 24.8 Å². The maximum atomic E-state index is 13.2. The minimum absolute atomic E-state index is 0.176. The van der Waals surface area contributed by atoms with Gasteiger partial charge in [-0.2, -0.15) is 13.2 Å². The van der Waals surface area contributed by atoms with Gasteiger partial charge in [0.1, 0.15) is 0 Å². The fourth-order valence-electron chi connectivity index (χ4n) is 5.26. The van der Waals surface area contributed by atoms with Crippen LogP contribution >= 0.6 is 0 Å². The summed E-state index contributed by atoms with van der Waals surface area (Å²) in [7, 11) is 0. The van der Waals surface area contributed by atoms with Crippen LogP contribution in [0.15, 0.2) is 0 Å². The molecule has 0 N–H and O–H groups in total. The lowest BCUT2D eigenvalue weighted by atomic mass is 9.50. The molecule has 4 saturated carbocycles. The van der Waals surface area contributed by atoms with E-state index in [-0.39, 0.29) is 18.9 Å². The van der Waals surface area contributed by atoms with Crippen molar-refractivity contribution in [2.24, 2.45) is 23.2 Å². The van der Waals surface area contributed by atoms with E-state index in [1.807, 2.05) is 0 Å². The molecule has 4 aliphatic rings. The molecule has 6 heteroatoms. The number of hydrogen-bond donors (Lipinski definition) is 0. The highest BCUT2D eigenvalue weighted by Crippen LogP contribution is 2.60. The van der Waals surface area contributed by atoms with Gasteiger partial charge in [0.15, 0.2) is 0 Å². The minimum atomic E-state index is -5.03. The Morgan fingerprint density at radius 3 is 1.71 bits per heavy atom. The Kier molecular flexibility index (Phi) is 3.54. The van der Waals surface area contributed by atoms with Gasteiger partial charge in [0.05, 0.1) is 6.61 Å². The average molecular weight is 312 g/mol. The Bertz CT molecular complexity index is 349. The molecule has 1 atom stereocenters. The lowest BCUT2D eigenvalue weighted by Crippen LogP contribution is -2.51. The fraction of sp³-hybridized carbons (Fsp3) is 1.00. The molecule has 21 heavy (non-hydrogen) atoms. The Hall–Kier alpha value is -0.390. The van der Waals surface area contributed by atoms with Crippen LogP contribution in [0.2, 0.25) is 0 Å². The van der Waals surface area contributed by atoms with Gasteiger partial charge in [-0.05, 0) is 61.7 Å². The van der Waals surface area contributed by atoms with Crippen molar-refractivity contribution in [3.8, 4) is 0 Å². The minimum Gasteiger partial charge on any atom is -0.363 e. The van der Waals surface area contributed by atoms with Gasteiger partial charge in [-0.1, -0.05) is 0 Å². The Morgan fingerprint density at radius 1 is 0.952 bits per heavy atom. The first-order valence-electron chi connectivity index (χ1n) is 7.64. The van der Waals surface area contributed by atoms with Crippen molar-refractivity contribution in [2.45, 2.75) is 63.7 Å². The molecule has 0 heterocycles. The molecule has 0 spiro atoms. The number of rotatable bonds is 4. The zero-order chi connectivity index (χ0) is 15.5. The lowest BCUT2D eigenvalue weighted by Gasteiger charge is -2.56. The van der Waals surface area contributed by atoms with E-state index >= 15 is 0 Å². The van der Waals surface area contributed by atoms with E-state index in [1.165, 1.54) is 0 Å². The predicted octanol–water partition coefficient (Wildman–Crippen LogP) is 4.81. The van der Waals surface area contributed by atoms with E-state index in [0.717, 1.165) is 38.5 Å². The fourth-order valence-corrected chi connectivity index (χ4v) is 5.26. The first-order valence-corrected chi connectivity index (χ1v) is 7.64. The summed E-state index contributed by atoms with van der Waals surface area (Å²) >= 11 is 0. The van der Waals surface area contributed by atoms with Crippen LogP contribution < -0.4 is 0 Å². The second-order valence-corrected chi connectivity index (χ2v) is 7.61. The van der Waals surface area contributed by atoms with Crippen molar-refractivity contribution in [1.82, 2.24) is 0 Å². The molecule has 0 aromatic heterocycles. The lowest BCUT2D eigenvalue weighted by molar-refractivity contribution is -0.290. The van der Waals surface area contributed by atoms with E-state index in [1.54, 1.807) is 0 Å². The molecule has 1 unspecified atom stereocenters. The van der Waals surface area contributed by atoms with Crippen LogP contribution in [0.3, 0.4) is 0 Å². The van der Waals surface area contributed by atoms with E-state index < -0.39 is 18.2 Å². The quantitative estimate of drug-likeness (QED) is 0.677. The zero-order valence-electron chi connectivity index (χ0n) is 12.1. The summed E-state index contributed by atoms with van der Waals surface area (Å²) in [6.45, 7) is 0.106. The van der Waals surface area contributed by atoms with Gasteiger partial charge in [0.25, 0.3) is 5.92 Å². The van der Waals surface area contributed by atoms with Gasteiger partial charge < -0.3 is 4.74 Å². The summed E-state index contributed by atoms with van der Waals surface area (Å²) < 4.78 is 69.5. The highest BCUT2D eigenvalue weighted by Gasteiger charge is 2.56. The molecule has 0 aliphatic heterocycles. The molecule has 0 aromatic carbocycles. The molecule has 122 valence electrons. The van der Waals surface area contributed by atoms with Crippen molar-refractivity contribution in [1.29, 1.82) is 0 Å². The number of alkyl halides is 5. The van der Waals surface area contributed by atoms with Crippen molar-refractivity contribution in [3.63, 3.8) is 0 Å². The van der Waals surface area contributed by atoms with Crippen LogP contribution in [0.5, 0.6) is 0 Å². The van der Waals surface area contributed by atoms with Gasteiger partial charge in [-0.3, -0.25) is 0 Å². The van der Waals surface area contributed by atoms with Crippen LogP contribution in [-0.2, 0) is 4.74 Å². The molecule has 0 aromatic rings. The molecular weight excluding hydrogens is 291 g/mol. The SMILES string of the molecule is CC(F)(F)C(OCC12CC3CC(CC(C3)C1)C2)C(F)(F)F. The van der Waals surface area contributed by atoms with E-state index in [0.29, 0.717) is 17.8 Å². The third-order valence-corrected chi connectivity index (χ3v) is 5.48. The standard InChI is InChI=1S/C15H21F5O/c1-13(16,17)12(15(18,19)20)21-8-14-5-9-2-10(6-14)4-11(3-9)7-14/h9-12H,2-8H2,1H3. The second-order valence-electron chi connectivity index (χ2n) is 7.61. The van der Waals surface area contributed by atoms with Crippen molar-refractivity contribution >= 4 is 0 Å². The smallest absolute Gasteiger partial charge is 0.363 e. The molecule has 4 fully saturated rings. The monoisotopic (exact) mass is 312 g/mol. The Labute approximate surface area is 121 Å². The average Bonchev–Trinajstić information content (AvgIpc) is 2.22. The topological polar surface area (TPSA) is 9.23 Å². The number of halogens is 5. The van der Waals surface area contributed by atoms with Crippen molar-refractivity contribution < 1.29 is 26.7 Å². The third-order valence-electron chi connectivity index (χ3n) is 5.48. The number of hydrogen-bond acceptors (Lipinski definition) is 1. The highest BCUT2D eigenvalue weighted by atomic mass is 19.4. The van der Waals surface area contributed by atoms with Crippen LogP contribution in [0.1, 0.15) is 45.4 Å². The molecule has 1 nitrogen and oxygen atoms in total. The number of ether oxygens (including phenoxy) is 1. The molecule has 4 bridgehead atoms. The van der Waals surface area contributed by atoms with Crippen LogP contribution in [0, 0.1) is 23.2 Å². The van der Waals surface area contributed by atoms with Crippen LogP contribution in [0.4, 0.5) is 22.0 Å². The normalized spacial score (nSPS) is 40.6. The summed E-state index contributed by atoms with van der Waals surface area (Å²) in [5.74, 6) is -2.22. The van der Waals surface area contributed by atoms with E-state index in [9.17, 15) is 22.0 Å². The van der Waals surface area contributed by atoms with Gasteiger partial charge in [-0.15, -0.1) is 0 Å². The summed E-state index contributed by atoms with van der Waals surface area (Å²) in [6, 6.07) is 0. The van der Waals surface area contributed by atoms with Crippen LogP contribution in [0.25, 0.3) is 0 Å². The molecule has 0 radical (unpaired) electrons. The van der Waals surface area contributed by atoms with E-state index in [4.69, 9.17) is 4.74 Å². The molecular formula is C15H21F5O. The summed E-state index contributed by atoms with van der Waals surface area (Å²) in [6.07, 6.45) is -2.00. The second kappa shape index (κ2) is 4.80. The maximum Gasteiger partial charge on any atom is 0.420 e. The molecule has 0 amide bonds. The Balaban J connectivity index is 1.69. The van der Waals surface area contributed by atoms with Gasteiger partial charge in [0, 0.05) is 6.92 Å². The van der Waals surface area contributed by atoms with Gasteiger partial charge >= 0.3 is 6.18 Å². The van der Waals surface area contributed by atoms with Gasteiger partial charge in [0.2, 0.25) is 6.10 Å². The molecule has 4 rings (SSSR count). The Morgan fingerprint density at radius 2 is 1.38 bits per heavy atom. The highest BCUT2D eigenvalue weighted by molar-refractivity contribution is 5.01. The van der Waals surface area contributed by atoms with Gasteiger partial charge in [-0.25, -0.2) is 8.78 Å². The predicted molar refractivity (Wildman–Crippen MR) is 67.0 cm³/mol. The summed E-state index contributed by atoms with van der Waals surface area (Å²) in [5.41, 5.74) is -0.288. The maximum absolute atomic E-state index is 13.2. The first kappa shape index (κ1) is 15.5. The zero-order valence-corrected chi connectivity index (χ0v) is 12.1. The molecule has 0 saturated heterocycles. The summed E-state index contributed by atoms with van der Waals surface area (Å²) in [4.78, 5) is 0. The summed E-state index contributed by atoms with van der Waals surface area (Å²) in [5, 5.41) is 0. The van der Waals surface area contributed by atoms with Crippen molar-refractivity contribution in [3.05, 3.63) is 0 Å².